The summed E-state index contributed by atoms with van der Waals surface area (Å²) in [6, 6.07) is 13.5. The number of carbonyl (C=O) groups is 2. The zero-order chi connectivity index (χ0) is 24.9. The van der Waals surface area contributed by atoms with Crippen LogP contribution in [0.5, 0.6) is 5.75 Å². The van der Waals surface area contributed by atoms with Crippen LogP contribution in [-0.2, 0) is 21.1 Å². The highest BCUT2D eigenvalue weighted by Gasteiger charge is 2.24. The molecule has 0 aliphatic rings. The summed E-state index contributed by atoms with van der Waals surface area (Å²) in [5.41, 5.74) is 0.671. The van der Waals surface area contributed by atoms with Crippen molar-refractivity contribution in [3.8, 4) is 16.9 Å². The van der Waals surface area contributed by atoms with E-state index in [2.05, 4.69) is 15.6 Å². The van der Waals surface area contributed by atoms with Gasteiger partial charge in [-0.1, -0.05) is 30.3 Å². The van der Waals surface area contributed by atoms with Gasteiger partial charge in [-0.2, -0.15) is 0 Å². The topological polar surface area (TPSA) is 124 Å². The van der Waals surface area contributed by atoms with E-state index in [-0.39, 0.29) is 21.4 Å². The average Bonchev–Trinajstić information content (AvgIpc) is 3.27. The molecule has 0 unspecified atom stereocenters. The van der Waals surface area contributed by atoms with E-state index in [1.165, 1.54) is 25.4 Å². The lowest BCUT2D eigenvalue weighted by Crippen LogP contribution is -2.32. The minimum Gasteiger partial charge on any atom is -0.444 e. The standard InChI is InChI=1S/C23H25N3O6S2/c1-23(2,3)32-22(28)26-13-19-25-14-20(33-19)34(29,30)18-11-16(15-8-6-5-7-9-15)10-17(12-18)31-21(27)24-4/h5-12,14H,13H2,1-4H3,(H,24,27)(H,26,28). The quantitative estimate of drug-likeness (QED) is 0.511. The molecule has 180 valence electrons. The maximum absolute atomic E-state index is 13.4. The molecular formula is C23H25N3O6S2. The van der Waals surface area contributed by atoms with Crippen LogP contribution < -0.4 is 15.4 Å². The Morgan fingerprint density at radius 2 is 1.74 bits per heavy atom. The first-order valence-electron chi connectivity index (χ1n) is 10.2. The zero-order valence-corrected chi connectivity index (χ0v) is 20.7. The summed E-state index contributed by atoms with van der Waals surface area (Å²) < 4.78 is 37.1. The number of carbonyl (C=O) groups excluding carboxylic acids is 2. The molecule has 0 aliphatic heterocycles. The van der Waals surface area contributed by atoms with Crippen LogP contribution in [0.2, 0.25) is 0 Å². The number of amides is 2. The van der Waals surface area contributed by atoms with Crippen molar-refractivity contribution in [2.75, 3.05) is 7.05 Å². The SMILES string of the molecule is CNC(=O)Oc1cc(-c2ccccc2)cc(S(=O)(=O)c2cnc(CNC(=O)OC(C)(C)C)s2)c1. The Kier molecular flexibility index (Phi) is 7.57. The number of nitrogens with zero attached hydrogens (tertiary/aromatic N) is 1. The molecule has 2 N–H and O–H groups in total. The summed E-state index contributed by atoms with van der Waals surface area (Å²) in [7, 11) is -2.57. The smallest absolute Gasteiger partial charge is 0.412 e. The van der Waals surface area contributed by atoms with Crippen LogP contribution >= 0.6 is 11.3 Å². The van der Waals surface area contributed by atoms with E-state index in [1.54, 1.807) is 26.8 Å². The van der Waals surface area contributed by atoms with Gasteiger partial charge in [0, 0.05) is 13.1 Å². The van der Waals surface area contributed by atoms with Gasteiger partial charge in [0.05, 0.1) is 17.6 Å². The van der Waals surface area contributed by atoms with Crippen molar-refractivity contribution in [1.29, 1.82) is 0 Å². The maximum Gasteiger partial charge on any atom is 0.412 e. The second kappa shape index (κ2) is 10.2. The van der Waals surface area contributed by atoms with Crippen LogP contribution in [0.25, 0.3) is 11.1 Å². The summed E-state index contributed by atoms with van der Waals surface area (Å²) in [4.78, 5) is 27.7. The average molecular weight is 504 g/mol. The van der Waals surface area contributed by atoms with Crippen molar-refractivity contribution >= 4 is 33.4 Å². The Morgan fingerprint density at radius 1 is 1.03 bits per heavy atom. The van der Waals surface area contributed by atoms with Gasteiger partial charge < -0.3 is 20.1 Å². The molecule has 2 aromatic carbocycles. The highest BCUT2D eigenvalue weighted by atomic mass is 32.2. The van der Waals surface area contributed by atoms with Gasteiger partial charge in [-0.05, 0) is 44.0 Å². The molecule has 3 aromatic rings. The van der Waals surface area contributed by atoms with Gasteiger partial charge in [-0.3, -0.25) is 0 Å². The molecular weight excluding hydrogens is 478 g/mol. The van der Waals surface area contributed by atoms with Crippen molar-refractivity contribution < 1.29 is 27.5 Å². The number of nitrogens with one attached hydrogen (secondary N) is 2. The third kappa shape index (κ3) is 6.55. The number of alkyl carbamates (subject to hydrolysis) is 1. The van der Waals surface area contributed by atoms with E-state index >= 15 is 0 Å². The fraction of sp³-hybridized carbons (Fsp3) is 0.261. The highest BCUT2D eigenvalue weighted by molar-refractivity contribution is 7.93. The maximum atomic E-state index is 13.4. The van der Waals surface area contributed by atoms with E-state index < -0.39 is 27.6 Å². The molecule has 0 saturated heterocycles. The zero-order valence-electron chi connectivity index (χ0n) is 19.1. The first-order valence-corrected chi connectivity index (χ1v) is 12.5. The molecule has 3 rings (SSSR count). The van der Waals surface area contributed by atoms with Gasteiger partial charge in [0.15, 0.2) is 0 Å². The number of ether oxygens (including phenoxy) is 2. The number of sulfone groups is 1. The number of hydrogen-bond acceptors (Lipinski definition) is 8. The predicted molar refractivity (Wildman–Crippen MR) is 128 cm³/mol. The number of aromatic nitrogens is 1. The van der Waals surface area contributed by atoms with Gasteiger partial charge >= 0.3 is 12.2 Å². The lowest BCUT2D eigenvalue weighted by Gasteiger charge is -2.19. The highest BCUT2D eigenvalue weighted by Crippen LogP contribution is 2.33. The van der Waals surface area contributed by atoms with Gasteiger partial charge in [0.25, 0.3) is 0 Å². The molecule has 34 heavy (non-hydrogen) atoms. The second-order valence-electron chi connectivity index (χ2n) is 8.13. The molecule has 0 spiro atoms. The third-order valence-electron chi connectivity index (χ3n) is 4.29. The lowest BCUT2D eigenvalue weighted by molar-refractivity contribution is 0.0523. The summed E-state index contributed by atoms with van der Waals surface area (Å²) in [5, 5.41) is 5.29. The fourth-order valence-corrected chi connectivity index (χ4v) is 5.40. The Bertz CT molecular complexity index is 1280. The number of thiazole rings is 1. The van der Waals surface area contributed by atoms with Gasteiger partial charge in [0.1, 0.15) is 20.6 Å². The Hall–Kier alpha value is -3.44. The van der Waals surface area contributed by atoms with Crippen molar-refractivity contribution in [3.05, 3.63) is 59.7 Å². The normalized spacial score (nSPS) is 11.5. The number of rotatable bonds is 6. The van der Waals surface area contributed by atoms with Crippen LogP contribution in [0.4, 0.5) is 9.59 Å². The summed E-state index contributed by atoms with van der Waals surface area (Å²) in [5.74, 6) is 0.0793. The monoisotopic (exact) mass is 503 g/mol. The van der Waals surface area contributed by atoms with E-state index in [0.717, 1.165) is 16.9 Å². The van der Waals surface area contributed by atoms with Crippen LogP contribution in [0, 0.1) is 0 Å². The molecule has 0 saturated carbocycles. The molecule has 1 aromatic heterocycles. The predicted octanol–water partition coefficient (Wildman–Crippen LogP) is 4.39. The summed E-state index contributed by atoms with van der Waals surface area (Å²) in [6.45, 7) is 5.25. The van der Waals surface area contributed by atoms with Crippen LogP contribution in [0.3, 0.4) is 0 Å². The van der Waals surface area contributed by atoms with Crippen LogP contribution in [0.1, 0.15) is 25.8 Å². The first-order chi connectivity index (χ1) is 16.0. The number of benzene rings is 2. The molecule has 11 heteroatoms. The molecule has 2 amide bonds. The van der Waals surface area contributed by atoms with Crippen molar-refractivity contribution in [3.63, 3.8) is 0 Å². The van der Waals surface area contributed by atoms with E-state index in [1.807, 2.05) is 30.3 Å². The molecule has 0 radical (unpaired) electrons. The van der Waals surface area contributed by atoms with Gasteiger partial charge in [-0.25, -0.2) is 23.0 Å². The second-order valence-corrected chi connectivity index (χ2v) is 11.4. The largest absolute Gasteiger partial charge is 0.444 e. The van der Waals surface area contributed by atoms with Gasteiger partial charge in [-0.15, -0.1) is 11.3 Å². The Balaban J connectivity index is 1.90. The van der Waals surface area contributed by atoms with E-state index in [4.69, 9.17) is 9.47 Å². The van der Waals surface area contributed by atoms with Crippen molar-refractivity contribution in [2.45, 2.75) is 42.0 Å². The Morgan fingerprint density at radius 3 is 2.38 bits per heavy atom. The third-order valence-corrected chi connectivity index (χ3v) is 7.48. The molecule has 0 atom stereocenters. The summed E-state index contributed by atoms with van der Waals surface area (Å²) in [6.07, 6.45) is -0.110. The Labute approximate surface area is 202 Å². The molecule has 9 nitrogen and oxygen atoms in total. The van der Waals surface area contributed by atoms with Crippen LogP contribution in [0.15, 0.2) is 63.8 Å². The van der Waals surface area contributed by atoms with E-state index in [9.17, 15) is 18.0 Å². The summed E-state index contributed by atoms with van der Waals surface area (Å²) >= 11 is 0.931. The van der Waals surface area contributed by atoms with E-state index in [0.29, 0.717) is 10.6 Å². The van der Waals surface area contributed by atoms with Crippen molar-refractivity contribution in [1.82, 2.24) is 15.6 Å². The minimum absolute atomic E-state index is 0.00964. The van der Waals surface area contributed by atoms with Crippen molar-refractivity contribution in [2.24, 2.45) is 0 Å². The minimum atomic E-state index is -3.98. The molecule has 0 fully saturated rings. The number of hydrogen-bond donors (Lipinski definition) is 2. The first kappa shape index (κ1) is 25.2. The van der Waals surface area contributed by atoms with Crippen LogP contribution in [-0.4, -0.2) is 38.2 Å². The molecule has 1 heterocycles. The van der Waals surface area contributed by atoms with Gasteiger partial charge in [0.2, 0.25) is 9.84 Å². The lowest BCUT2D eigenvalue weighted by atomic mass is 10.1. The molecule has 0 aliphatic carbocycles. The fourth-order valence-electron chi connectivity index (χ4n) is 2.82. The molecule has 0 bridgehead atoms.